The van der Waals surface area contributed by atoms with E-state index in [1.54, 1.807) is 13.0 Å². The van der Waals surface area contributed by atoms with Gasteiger partial charge in [-0.1, -0.05) is 0 Å². The third kappa shape index (κ3) is 6.75. The van der Waals surface area contributed by atoms with Crippen LogP contribution in [0.25, 0.3) is 0 Å². The van der Waals surface area contributed by atoms with Crippen LogP contribution in [0.4, 0.5) is 24.5 Å². The Kier molecular flexibility index (Phi) is 9.59. The van der Waals surface area contributed by atoms with Crippen molar-refractivity contribution in [2.24, 2.45) is 0 Å². The van der Waals surface area contributed by atoms with Crippen molar-refractivity contribution < 1.29 is 18.0 Å². The summed E-state index contributed by atoms with van der Waals surface area (Å²) in [6.45, 7) is 2.60. The first-order chi connectivity index (χ1) is 15.2. The molecule has 0 bridgehead atoms. The number of halogens is 3. The Balaban J connectivity index is 0.00000204. The quantitative estimate of drug-likeness (QED) is 0.591. The Bertz CT molecular complexity index is 995. The number of rotatable bonds is 4. The molecule has 1 saturated carbocycles. The lowest BCUT2D eigenvalue weighted by Crippen LogP contribution is -2.40. The third-order valence-corrected chi connectivity index (χ3v) is 6.37. The molecule has 34 heavy (non-hydrogen) atoms. The minimum atomic E-state index is -4.46. The van der Waals surface area contributed by atoms with Crippen molar-refractivity contribution in [3.05, 3.63) is 52.8 Å². The van der Waals surface area contributed by atoms with Gasteiger partial charge in [-0.3, -0.25) is 4.79 Å². The minimum Gasteiger partial charge on any atom is -0.382 e. The number of pyridine rings is 1. The number of anilines is 2. The maximum atomic E-state index is 13.0. The van der Waals surface area contributed by atoms with E-state index >= 15 is 0 Å². The number of hydrogen-bond donors (Lipinski definition) is 2. The molecular formula is C24H33F3N4OS2. The molecule has 2 aliphatic rings. The Morgan fingerprint density at radius 1 is 1.06 bits per heavy atom. The zero-order chi connectivity index (χ0) is 22.9. The van der Waals surface area contributed by atoms with Crippen LogP contribution in [0.15, 0.2) is 30.3 Å². The van der Waals surface area contributed by atoms with Gasteiger partial charge in [0.1, 0.15) is 5.69 Å². The summed E-state index contributed by atoms with van der Waals surface area (Å²) in [6.07, 6.45) is 0.748. The summed E-state index contributed by atoms with van der Waals surface area (Å²) in [5, 5.41) is 6.36. The standard InChI is InChI=1S/C24H29F3N4O.2H2S/c1-15-12-20(14-22(28-15)24(25,26)27)29-18-6-8-19(9-7-18)30-23(32)17-5-10-21-16(13-17)4-3-11-31(21)2;;/h5,10,12-14,18-19H,3-4,6-9,11H2,1-2H3,(H,28,29)(H,30,32);2*1H2. The third-order valence-electron chi connectivity index (χ3n) is 6.37. The van der Waals surface area contributed by atoms with Gasteiger partial charge < -0.3 is 15.5 Å². The molecule has 0 saturated heterocycles. The number of carbonyl (C=O) groups excluding carboxylic acids is 1. The highest BCUT2D eigenvalue weighted by Crippen LogP contribution is 2.31. The molecule has 0 spiro atoms. The second-order valence-electron chi connectivity index (χ2n) is 8.92. The van der Waals surface area contributed by atoms with Crippen molar-refractivity contribution in [3.8, 4) is 0 Å². The van der Waals surface area contributed by atoms with Crippen molar-refractivity contribution in [2.75, 3.05) is 23.8 Å². The molecule has 1 fully saturated rings. The maximum Gasteiger partial charge on any atom is 0.433 e. The monoisotopic (exact) mass is 514 g/mol. The highest BCUT2D eigenvalue weighted by Gasteiger charge is 2.33. The SMILES string of the molecule is Cc1cc(NC2CCC(NC(=O)c3ccc4c(c3)CCCN4C)CC2)cc(C(F)(F)F)n1.S.S. The minimum absolute atomic E-state index is 0. The van der Waals surface area contributed by atoms with Crippen molar-refractivity contribution in [3.63, 3.8) is 0 Å². The number of amides is 1. The second-order valence-corrected chi connectivity index (χ2v) is 8.92. The molecule has 2 heterocycles. The van der Waals surface area contributed by atoms with Crippen LogP contribution in [0, 0.1) is 6.92 Å². The fourth-order valence-electron chi connectivity index (χ4n) is 4.71. The van der Waals surface area contributed by atoms with Gasteiger partial charge in [-0.2, -0.15) is 40.2 Å². The molecule has 0 unspecified atom stereocenters. The smallest absolute Gasteiger partial charge is 0.382 e. The normalized spacial score (nSPS) is 19.9. The summed E-state index contributed by atoms with van der Waals surface area (Å²) in [5.41, 5.74) is 2.99. The van der Waals surface area contributed by atoms with Crippen LogP contribution in [-0.4, -0.2) is 36.6 Å². The number of nitrogens with zero attached hydrogens (tertiary/aromatic N) is 2. The highest BCUT2D eigenvalue weighted by molar-refractivity contribution is 7.59. The summed E-state index contributed by atoms with van der Waals surface area (Å²) in [6, 6.07) is 8.75. The van der Waals surface area contributed by atoms with Gasteiger partial charge in [0, 0.05) is 48.3 Å². The van der Waals surface area contributed by atoms with Crippen LogP contribution in [0.2, 0.25) is 0 Å². The molecule has 2 N–H and O–H groups in total. The van der Waals surface area contributed by atoms with Gasteiger partial charge in [0.05, 0.1) is 0 Å². The fraction of sp³-hybridized carbons (Fsp3) is 0.500. The van der Waals surface area contributed by atoms with Crippen LogP contribution in [-0.2, 0) is 12.6 Å². The van der Waals surface area contributed by atoms with E-state index in [-0.39, 0.29) is 45.0 Å². The number of alkyl halides is 3. The largest absolute Gasteiger partial charge is 0.433 e. The molecule has 0 radical (unpaired) electrons. The van der Waals surface area contributed by atoms with E-state index in [9.17, 15) is 18.0 Å². The van der Waals surface area contributed by atoms with E-state index in [1.807, 2.05) is 18.2 Å². The van der Waals surface area contributed by atoms with Crippen LogP contribution < -0.4 is 15.5 Å². The summed E-state index contributed by atoms with van der Waals surface area (Å²) in [5.74, 6) is -0.0583. The number of benzene rings is 1. The van der Waals surface area contributed by atoms with E-state index < -0.39 is 11.9 Å². The Labute approximate surface area is 212 Å². The van der Waals surface area contributed by atoms with Gasteiger partial charge in [-0.05, 0) is 81.3 Å². The Morgan fingerprint density at radius 3 is 2.41 bits per heavy atom. The van der Waals surface area contributed by atoms with Gasteiger partial charge in [0.25, 0.3) is 5.91 Å². The number of carbonyl (C=O) groups is 1. The molecule has 5 nitrogen and oxygen atoms in total. The molecule has 1 amide bonds. The van der Waals surface area contributed by atoms with Gasteiger partial charge in [0.2, 0.25) is 0 Å². The number of nitrogens with one attached hydrogen (secondary N) is 2. The molecule has 1 aliphatic heterocycles. The van der Waals surface area contributed by atoms with Gasteiger partial charge >= 0.3 is 6.18 Å². The summed E-state index contributed by atoms with van der Waals surface area (Å²) in [4.78, 5) is 18.6. The Morgan fingerprint density at radius 2 is 1.74 bits per heavy atom. The molecule has 1 aromatic heterocycles. The first-order valence-electron chi connectivity index (χ1n) is 11.2. The lowest BCUT2D eigenvalue weighted by Gasteiger charge is -2.31. The molecule has 0 atom stereocenters. The van der Waals surface area contributed by atoms with Crippen molar-refractivity contribution in [2.45, 2.75) is 63.7 Å². The zero-order valence-electron chi connectivity index (χ0n) is 19.4. The molecule has 188 valence electrons. The molecule has 1 aliphatic carbocycles. The second kappa shape index (κ2) is 11.6. The van der Waals surface area contributed by atoms with Gasteiger partial charge in [0.15, 0.2) is 0 Å². The van der Waals surface area contributed by atoms with Crippen LogP contribution in [0.1, 0.15) is 59.4 Å². The van der Waals surface area contributed by atoms with E-state index in [2.05, 4.69) is 27.6 Å². The van der Waals surface area contributed by atoms with E-state index in [1.165, 1.54) is 11.3 Å². The molecule has 1 aromatic carbocycles. The number of fused-ring (bicyclic) bond motifs is 1. The van der Waals surface area contributed by atoms with E-state index in [0.29, 0.717) is 16.9 Å². The average molecular weight is 515 g/mol. The van der Waals surface area contributed by atoms with Crippen molar-refractivity contribution >= 4 is 44.3 Å². The molecule has 4 rings (SSSR count). The van der Waals surface area contributed by atoms with Crippen LogP contribution >= 0.6 is 27.0 Å². The highest BCUT2D eigenvalue weighted by atomic mass is 32.1. The summed E-state index contributed by atoms with van der Waals surface area (Å²) in [7, 11) is 2.07. The first-order valence-corrected chi connectivity index (χ1v) is 11.2. The van der Waals surface area contributed by atoms with E-state index in [4.69, 9.17) is 0 Å². The number of aromatic nitrogens is 1. The summed E-state index contributed by atoms with van der Waals surface area (Å²) >= 11 is 0. The van der Waals surface area contributed by atoms with Crippen molar-refractivity contribution in [1.82, 2.24) is 10.3 Å². The fourth-order valence-corrected chi connectivity index (χ4v) is 4.71. The molecule has 10 heteroatoms. The zero-order valence-corrected chi connectivity index (χ0v) is 21.4. The van der Waals surface area contributed by atoms with Gasteiger partial charge in [-0.15, -0.1) is 0 Å². The van der Waals surface area contributed by atoms with Crippen LogP contribution in [0.3, 0.4) is 0 Å². The lowest BCUT2D eigenvalue weighted by atomic mass is 9.90. The Hall–Kier alpha value is -2.07. The first kappa shape index (κ1) is 28.2. The predicted octanol–water partition coefficient (Wildman–Crippen LogP) is 5.17. The van der Waals surface area contributed by atoms with Gasteiger partial charge in [-0.25, -0.2) is 4.98 Å². The topological polar surface area (TPSA) is 57.3 Å². The average Bonchev–Trinajstić information content (AvgIpc) is 2.74. The maximum absolute atomic E-state index is 13.0. The molecular weight excluding hydrogens is 481 g/mol. The summed E-state index contributed by atoms with van der Waals surface area (Å²) < 4.78 is 39.1. The van der Waals surface area contributed by atoms with E-state index in [0.717, 1.165) is 51.1 Å². The van der Waals surface area contributed by atoms with Crippen molar-refractivity contribution in [1.29, 1.82) is 0 Å². The molecule has 2 aromatic rings. The predicted molar refractivity (Wildman–Crippen MR) is 140 cm³/mol. The number of aryl methyl sites for hydroxylation is 2. The van der Waals surface area contributed by atoms with Crippen LogP contribution in [0.5, 0.6) is 0 Å². The number of hydrogen-bond acceptors (Lipinski definition) is 4. The lowest BCUT2D eigenvalue weighted by molar-refractivity contribution is -0.141.